The van der Waals surface area contributed by atoms with Gasteiger partial charge in [-0.1, -0.05) is 0 Å². The molecule has 0 aliphatic carbocycles. The number of aryl methyl sites for hydroxylation is 1. The van der Waals surface area contributed by atoms with E-state index in [0.29, 0.717) is 65.7 Å². The highest BCUT2D eigenvalue weighted by Crippen LogP contribution is 2.30. The lowest BCUT2D eigenvalue weighted by Gasteiger charge is -2.36. The second kappa shape index (κ2) is 9.52. The molecule has 1 N–H and O–H groups in total. The molecule has 12 heteroatoms. The minimum absolute atomic E-state index is 0.00668. The molecule has 2 aromatic carbocycles. The summed E-state index contributed by atoms with van der Waals surface area (Å²) in [6.45, 7) is 2.83. The van der Waals surface area contributed by atoms with Crippen LogP contribution in [0.5, 0.6) is 0 Å². The standard InChI is InChI=1S/C25H23FN4O6S/c1-27-19-12-20(18(26)11-17(19)23(31)22(25(32)33)24(27)37-2)29-7-5-28(6-8-29)13-16-10-14-9-15(30(34)35)3-4-21(14)36-16/h3-4,9-12H,5-8,13H2,1-2H3,(H,32,33). The van der Waals surface area contributed by atoms with E-state index in [4.69, 9.17) is 4.42 Å². The third-order valence-electron chi connectivity index (χ3n) is 6.68. The first-order chi connectivity index (χ1) is 17.7. The summed E-state index contributed by atoms with van der Waals surface area (Å²) in [6.07, 6.45) is 1.69. The number of carbonyl (C=O) groups is 1. The van der Waals surface area contributed by atoms with Crippen molar-refractivity contribution in [2.24, 2.45) is 7.05 Å². The van der Waals surface area contributed by atoms with Crippen LogP contribution in [0.3, 0.4) is 0 Å². The fourth-order valence-corrected chi connectivity index (χ4v) is 5.59. The Balaban J connectivity index is 1.36. The van der Waals surface area contributed by atoms with Crippen LogP contribution < -0.4 is 10.3 Å². The van der Waals surface area contributed by atoms with Gasteiger partial charge in [0.15, 0.2) is 0 Å². The maximum absolute atomic E-state index is 15.2. The SMILES string of the molecule is CSc1c(C(=O)O)c(=O)c2cc(F)c(N3CCN(Cc4cc5cc([N+](=O)[O-])ccc5o4)CC3)cc2n1C. The quantitative estimate of drug-likeness (QED) is 0.225. The van der Waals surface area contributed by atoms with Gasteiger partial charge in [0.25, 0.3) is 5.69 Å². The highest BCUT2D eigenvalue weighted by atomic mass is 32.2. The number of pyridine rings is 1. The molecule has 0 spiro atoms. The summed E-state index contributed by atoms with van der Waals surface area (Å²) >= 11 is 1.16. The summed E-state index contributed by atoms with van der Waals surface area (Å²) in [6, 6.07) is 9.02. The van der Waals surface area contributed by atoms with Crippen LogP contribution in [-0.4, -0.2) is 57.9 Å². The number of piperazine rings is 1. The number of fused-ring (bicyclic) bond motifs is 2. The predicted octanol–water partition coefficient (Wildman–Crippen LogP) is 4.07. The molecule has 3 heterocycles. The number of halogens is 1. The minimum atomic E-state index is -1.34. The number of nitro groups is 1. The molecule has 0 saturated carbocycles. The molecule has 37 heavy (non-hydrogen) atoms. The lowest BCUT2D eigenvalue weighted by molar-refractivity contribution is -0.384. The van der Waals surface area contributed by atoms with Gasteiger partial charge in [0.05, 0.1) is 27.7 Å². The molecule has 0 atom stereocenters. The normalized spacial score (nSPS) is 14.5. The molecule has 0 bridgehead atoms. The number of hydrogen-bond acceptors (Lipinski definition) is 8. The number of carboxylic acids is 1. The molecular weight excluding hydrogens is 503 g/mol. The van der Waals surface area contributed by atoms with Crippen molar-refractivity contribution in [3.63, 3.8) is 0 Å². The zero-order valence-corrected chi connectivity index (χ0v) is 20.9. The Labute approximate surface area is 214 Å². The Kier molecular flexibility index (Phi) is 6.38. The average molecular weight is 527 g/mol. The molecule has 1 aliphatic heterocycles. The highest BCUT2D eigenvalue weighted by molar-refractivity contribution is 7.98. The van der Waals surface area contributed by atoms with Gasteiger partial charge in [-0.25, -0.2) is 9.18 Å². The Morgan fingerprint density at radius 3 is 2.57 bits per heavy atom. The van der Waals surface area contributed by atoms with Gasteiger partial charge in [-0.3, -0.25) is 19.8 Å². The number of non-ortho nitro benzene ring substituents is 1. The zero-order chi connectivity index (χ0) is 26.4. The molecule has 192 valence electrons. The van der Waals surface area contributed by atoms with Crippen LogP contribution in [0.1, 0.15) is 16.1 Å². The van der Waals surface area contributed by atoms with E-state index >= 15 is 4.39 Å². The molecular formula is C25H23FN4O6S. The van der Waals surface area contributed by atoms with Crippen molar-refractivity contribution in [2.45, 2.75) is 11.6 Å². The number of thioether (sulfide) groups is 1. The molecule has 4 aromatic rings. The van der Waals surface area contributed by atoms with Gasteiger partial charge in [0.1, 0.15) is 22.7 Å². The van der Waals surface area contributed by atoms with Gasteiger partial charge < -0.3 is 19.0 Å². The van der Waals surface area contributed by atoms with E-state index in [1.165, 1.54) is 12.1 Å². The molecule has 0 amide bonds. The molecule has 1 aliphatic rings. The molecule has 0 radical (unpaired) electrons. The van der Waals surface area contributed by atoms with E-state index in [1.54, 1.807) is 36.1 Å². The largest absolute Gasteiger partial charge is 0.477 e. The van der Waals surface area contributed by atoms with E-state index in [0.717, 1.165) is 17.8 Å². The number of benzene rings is 2. The van der Waals surface area contributed by atoms with Crippen molar-refractivity contribution >= 4 is 51.0 Å². The fraction of sp³-hybridized carbons (Fsp3) is 0.280. The van der Waals surface area contributed by atoms with Crippen molar-refractivity contribution in [3.05, 3.63) is 73.9 Å². The van der Waals surface area contributed by atoms with Crippen LogP contribution in [-0.2, 0) is 13.6 Å². The summed E-state index contributed by atoms with van der Waals surface area (Å²) in [7, 11) is 1.67. The second-order valence-corrected chi connectivity index (χ2v) is 9.65. The summed E-state index contributed by atoms with van der Waals surface area (Å²) in [5, 5.41) is 21.6. The topological polar surface area (TPSA) is 122 Å². The van der Waals surface area contributed by atoms with Crippen LogP contribution in [0, 0.1) is 15.9 Å². The number of furan rings is 1. The Morgan fingerprint density at radius 1 is 1.19 bits per heavy atom. The first-order valence-corrected chi connectivity index (χ1v) is 12.7. The molecule has 10 nitrogen and oxygen atoms in total. The first kappa shape index (κ1) is 24.8. The number of hydrogen-bond donors (Lipinski definition) is 1. The number of carboxylic acid groups (broad SMARTS) is 1. The zero-order valence-electron chi connectivity index (χ0n) is 20.1. The Bertz CT molecular complexity index is 1620. The van der Waals surface area contributed by atoms with Crippen molar-refractivity contribution in [1.29, 1.82) is 0 Å². The number of aromatic carboxylic acids is 1. The van der Waals surface area contributed by atoms with E-state index < -0.39 is 22.1 Å². The molecule has 1 saturated heterocycles. The first-order valence-electron chi connectivity index (χ1n) is 11.5. The van der Waals surface area contributed by atoms with Gasteiger partial charge in [-0.05, 0) is 30.5 Å². The third-order valence-corrected chi connectivity index (χ3v) is 7.54. The number of aromatic nitrogens is 1. The highest BCUT2D eigenvalue weighted by Gasteiger charge is 2.25. The minimum Gasteiger partial charge on any atom is -0.477 e. The van der Waals surface area contributed by atoms with Crippen LogP contribution in [0.15, 0.2) is 50.6 Å². The lowest BCUT2D eigenvalue weighted by atomic mass is 10.1. The van der Waals surface area contributed by atoms with Gasteiger partial charge >= 0.3 is 5.97 Å². The van der Waals surface area contributed by atoms with E-state index in [-0.39, 0.29) is 16.6 Å². The maximum Gasteiger partial charge on any atom is 0.342 e. The lowest BCUT2D eigenvalue weighted by Crippen LogP contribution is -2.46. The second-order valence-electron chi connectivity index (χ2n) is 8.85. The monoisotopic (exact) mass is 526 g/mol. The van der Waals surface area contributed by atoms with Crippen molar-refractivity contribution in [3.8, 4) is 0 Å². The van der Waals surface area contributed by atoms with Crippen molar-refractivity contribution in [1.82, 2.24) is 9.47 Å². The summed E-state index contributed by atoms with van der Waals surface area (Å²) < 4.78 is 22.6. The van der Waals surface area contributed by atoms with Gasteiger partial charge in [0, 0.05) is 56.1 Å². The van der Waals surface area contributed by atoms with Gasteiger partial charge in [0.2, 0.25) is 5.43 Å². The van der Waals surface area contributed by atoms with E-state index in [1.807, 2.05) is 4.90 Å². The Morgan fingerprint density at radius 2 is 1.92 bits per heavy atom. The average Bonchev–Trinajstić information content (AvgIpc) is 3.27. The molecule has 2 aromatic heterocycles. The fourth-order valence-electron chi connectivity index (χ4n) is 4.83. The van der Waals surface area contributed by atoms with Crippen LogP contribution >= 0.6 is 11.8 Å². The number of rotatable bonds is 6. The smallest absolute Gasteiger partial charge is 0.342 e. The number of nitro benzene ring substituents is 1. The molecule has 1 fully saturated rings. The summed E-state index contributed by atoms with van der Waals surface area (Å²) in [4.78, 5) is 39.2. The summed E-state index contributed by atoms with van der Waals surface area (Å²) in [5.74, 6) is -1.23. The predicted molar refractivity (Wildman–Crippen MR) is 138 cm³/mol. The van der Waals surface area contributed by atoms with Gasteiger partial charge in [-0.15, -0.1) is 11.8 Å². The maximum atomic E-state index is 15.2. The van der Waals surface area contributed by atoms with Gasteiger partial charge in [-0.2, -0.15) is 0 Å². The summed E-state index contributed by atoms with van der Waals surface area (Å²) in [5.41, 5.74) is 0.355. The Hall–Kier alpha value is -3.90. The van der Waals surface area contributed by atoms with E-state index in [2.05, 4.69) is 4.90 Å². The molecule has 5 rings (SSSR count). The van der Waals surface area contributed by atoms with Crippen LogP contribution in [0.4, 0.5) is 15.8 Å². The number of anilines is 1. The van der Waals surface area contributed by atoms with Crippen LogP contribution in [0.25, 0.3) is 21.9 Å². The van der Waals surface area contributed by atoms with Crippen molar-refractivity contribution < 1.29 is 23.6 Å². The third kappa shape index (κ3) is 4.42. The number of nitrogens with zero attached hydrogens (tertiary/aromatic N) is 4. The van der Waals surface area contributed by atoms with E-state index in [9.17, 15) is 24.8 Å². The van der Waals surface area contributed by atoms with Crippen molar-refractivity contribution in [2.75, 3.05) is 37.3 Å². The van der Waals surface area contributed by atoms with Crippen LogP contribution in [0.2, 0.25) is 0 Å². The molecule has 0 unspecified atom stereocenters.